The molecule has 1 heterocycles. The summed E-state index contributed by atoms with van der Waals surface area (Å²) in [7, 11) is 0. The van der Waals surface area contributed by atoms with Crippen molar-refractivity contribution < 1.29 is 9.53 Å². The molecule has 0 bridgehead atoms. The first kappa shape index (κ1) is 13.4. The van der Waals surface area contributed by atoms with E-state index in [0.29, 0.717) is 18.8 Å². The minimum absolute atomic E-state index is 0.126. The second-order valence-corrected chi connectivity index (χ2v) is 3.68. The molecule has 1 amide bonds. The fourth-order valence-corrected chi connectivity index (χ4v) is 1.35. The van der Waals surface area contributed by atoms with Gasteiger partial charge in [0, 0.05) is 18.7 Å². The average Bonchev–Trinajstić information content (AvgIpc) is 2.32. The summed E-state index contributed by atoms with van der Waals surface area (Å²) in [4.78, 5) is 15.6. The quantitative estimate of drug-likeness (QED) is 0.754. The van der Waals surface area contributed by atoms with E-state index in [0.717, 1.165) is 12.1 Å². The number of rotatable bonds is 6. The van der Waals surface area contributed by atoms with Gasteiger partial charge in [0.1, 0.15) is 5.75 Å². The van der Waals surface area contributed by atoms with Crippen LogP contribution in [0.1, 0.15) is 19.5 Å². The van der Waals surface area contributed by atoms with E-state index in [4.69, 9.17) is 10.5 Å². The number of pyridine rings is 1. The molecule has 0 aromatic carbocycles. The standard InChI is InChI=1S/C12H19N3O2/c1-3-14-12(16)9(2)17-11-5-4-10(6-7-13)15-8-11/h4-5,8-9H,3,6-7,13H2,1-2H3,(H,14,16). The smallest absolute Gasteiger partial charge is 0.260 e. The number of amides is 1. The molecule has 0 aliphatic heterocycles. The maximum Gasteiger partial charge on any atom is 0.260 e. The third kappa shape index (κ3) is 4.40. The number of nitrogens with zero attached hydrogens (tertiary/aromatic N) is 1. The number of carbonyl (C=O) groups excluding carboxylic acids is 1. The maximum absolute atomic E-state index is 11.4. The van der Waals surface area contributed by atoms with Gasteiger partial charge in [-0.3, -0.25) is 9.78 Å². The summed E-state index contributed by atoms with van der Waals surface area (Å²) >= 11 is 0. The van der Waals surface area contributed by atoms with Crippen LogP contribution in [-0.4, -0.2) is 30.1 Å². The molecule has 1 rings (SSSR count). The zero-order chi connectivity index (χ0) is 12.7. The lowest BCUT2D eigenvalue weighted by Crippen LogP contribution is -2.36. The maximum atomic E-state index is 11.4. The molecule has 1 unspecified atom stereocenters. The molecule has 0 saturated carbocycles. The van der Waals surface area contributed by atoms with Crippen molar-refractivity contribution in [3.8, 4) is 5.75 Å². The third-order valence-corrected chi connectivity index (χ3v) is 2.23. The molecule has 3 N–H and O–H groups in total. The first-order chi connectivity index (χ1) is 8.17. The topological polar surface area (TPSA) is 77.2 Å². The molecule has 0 fully saturated rings. The van der Waals surface area contributed by atoms with Gasteiger partial charge in [-0.15, -0.1) is 0 Å². The zero-order valence-electron chi connectivity index (χ0n) is 10.3. The summed E-state index contributed by atoms with van der Waals surface area (Å²) < 4.78 is 5.46. The predicted octanol–water partition coefficient (Wildman–Crippen LogP) is 0.486. The third-order valence-electron chi connectivity index (χ3n) is 2.23. The van der Waals surface area contributed by atoms with Crippen LogP contribution in [0.5, 0.6) is 5.75 Å². The minimum Gasteiger partial charge on any atom is -0.479 e. The molecule has 0 saturated heterocycles. The van der Waals surface area contributed by atoms with E-state index in [2.05, 4.69) is 10.3 Å². The van der Waals surface area contributed by atoms with Crippen molar-refractivity contribution in [2.24, 2.45) is 5.73 Å². The zero-order valence-corrected chi connectivity index (χ0v) is 10.3. The van der Waals surface area contributed by atoms with Gasteiger partial charge in [-0.1, -0.05) is 0 Å². The second kappa shape index (κ2) is 6.85. The van der Waals surface area contributed by atoms with Gasteiger partial charge in [0.2, 0.25) is 0 Å². The van der Waals surface area contributed by atoms with E-state index < -0.39 is 6.10 Å². The highest BCUT2D eigenvalue weighted by atomic mass is 16.5. The first-order valence-electron chi connectivity index (χ1n) is 5.76. The Bertz CT molecular complexity index is 351. The highest BCUT2D eigenvalue weighted by Crippen LogP contribution is 2.11. The Morgan fingerprint density at radius 2 is 2.35 bits per heavy atom. The summed E-state index contributed by atoms with van der Waals surface area (Å²) in [6.45, 7) is 4.75. The van der Waals surface area contributed by atoms with Crippen LogP contribution >= 0.6 is 0 Å². The first-order valence-corrected chi connectivity index (χ1v) is 5.76. The number of nitrogens with one attached hydrogen (secondary N) is 1. The lowest BCUT2D eigenvalue weighted by Gasteiger charge is -2.13. The van der Waals surface area contributed by atoms with Gasteiger partial charge in [0.05, 0.1) is 6.20 Å². The van der Waals surface area contributed by atoms with E-state index in [9.17, 15) is 4.79 Å². The van der Waals surface area contributed by atoms with Crippen LogP contribution in [0.15, 0.2) is 18.3 Å². The molecule has 1 aromatic heterocycles. The number of nitrogens with two attached hydrogens (primary N) is 1. The van der Waals surface area contributed by atoms with Crippen molar-refractivity contribution in [1.82, 2.24) is 10.3 Å². The normalized spacial score (nSPS) is 11.9. The van der Waals surface area contributed by atoms with Crippen LogP contribution < -0.4 is 15.8 Å². The van der Waals surface area contributed by atoms with E-state index in [1.807, 2.05) is 13.0 Å². The molecule has 0 aliphatic carbocycles. The largest absolute Gasteiger partial charge is 0.479 e. The van der Waals surface area contributed by atoms with Gasteiger partial charge >= 0.3 is 0 Å². The van der Waals surface area contributed by atoms with Gasteiger partial charge in [0.15, 0.2) is 6.10 Å². The van der Waals surface area contributed by atoms with Crippen LogP contribution in [-0.2, 0) is 11.2 Å². The highest BCUT2D eigenvalue weighted by molar-refractivity contribution is 5.80. The fraction of sp³-hybridized carbons (Fsp3) is 0.500. The Hall–Kier alpha value is -1.62. The Labute approximate surface area is 101 Å². The number of likely N-dealkylation sites (N-methyl/N-ethyl adjacent to an activating group) is 1. The number of carbonyl (C=O) groups is 1. The minimum atomic E-state index is -0.517. The van der Waals surface area contributed by atoms with Gasteiger partial charge in [-0.2, -0.15) is 0 Å². The summed E-state index contributed by atoms with van der Waals surface area (Å²) in [6, 6.07) is 3.65. The number of aromatic nitrogens is 1. The summed E-state index contributed by atoms with van der Waals surface area (Å²) in [6.07, 6.45) is 1.84. The van der Waals surface area contributed by atoms with Gasteiger partial charge in [-0.05, 0) is 32.5 Å². The summed E-state index contributed by atoms with van der Waals surface area (Å²) in [5.74, 6) is 0.461. The molecule has 1 atom stereocenters. The molecule has 0 spiro atoms. The molecule has 0 aliphatic rings. The summed E-state index contributed by atoms with van der Waals surface area (Å²) in [5, 5.41) is 2.70. The van der Waals surface area contributed by atoms with E-state index >= 15 is 0 Å². The van der Waals surface area contributed by atoms with Gasteiger partial charge in [-0.25, -0.2) is 0 Å². The Kier molecular flexibility index (Phi) is 5.42. The number of hydrogen-bond acceptors (Lipinski definition) is 4. The van der Waals surface area contributed by atoms with Crippen LogP contribution in [0, 0.1) is 0 Å². The van der Waals surface area contributed by atoms with Crippen LogP contribution in [0.4, 0.5) is 0 Å². The number of hydrogen-bond donors (Lipinski definition) is 2. The second-order valence-electron chi connectivity index (χ2n) is 3.68. The van der Waals surface area contributed by atoms with E-state index in [1.54, 1.807) is 19.2 Å². The molecule has 17 heavy (non-hydrogen) atoms. The molecule has 5 heteroatoms. The van der Waals surface area contributed by atoms with Crippen molar-refractivity contribution in [2.75, 3.05) is 13.1 Å². The van der Waals surface area contributed by atoms with Crippen LogP contribution in [0.3, 0.4) is 0 Å². The van der Waals surface area contributed by atoms with Gasteiger partial charge < -0.3 is 15.8 Å². The average molecular weight is 237 g/mol. The van der Waals surface area contributed by atoms with Crippen molar-refractivity contribution in [3.05, 3.63) is 24.0 Å². The molecule has 1 aromatic rings. The molecule has 0 radical (unpaired) electrons. The van der Waals surface area contributed by atoms with Crippen molar-refractivity contribution in [2.45, 2.75) is 26.4 Å². The van der Waals surface area contributed by atoms with Crippen LogP contribution in [0.2, 0.25) is 0 Å². The lowest BCUT2D eigenvalue weighted by molar-refractivity contribution is -0.127. The molecule has 94 valence electrons. The molecular formula is C12H19N3O2. The van der Waals surface area contributed by atoms with Gasteiger partial charge in [0.25, 0.3) is 5.91 Å². The monoisotopic (exact) mass is 237 g/mol. The Morgan fingerprint density at radius 1 is 1.59 bits per heavy atom. The van der Waals surface area contributed by atoms with Crippen molar-refractivity contribution >= 4 is 5.91 Å². The highest BCUT2D eigenvalue weighted by Gasteiger charge is 2.13. The number of ether oxygens (including phenoxy) is 1. The van der Waals surface area contributed by atoms with Crippen LogP contribution in [0.25, 0.3) is 0 Å². The van der Waals surface area contributed by atoms with Crippen molar-refractivity contribution in [3.63, 3.8) is 0 Å². The lowest BCUT2D eigenvalue weighted by atomic mass is 10.2. The van der Waals surface area contributed by atoms with Crippen molar-refractivity contribution in [1.29, 1.82) is 0 Å². The Morgan fingerprint density at radius 3 is 2.88 bits per heavy atom. The van der Waals surface area contributed by atoms with E-state index in [-0.39, 0.29) is 5.91 Å². The summed E-state index contributed by atoms with van der Waals surface area (Å²) in [5.41, 5.74) is 6.35. The van der Waals surface area contributed by atoms with E-state index in [1.165, 1.54) is 0 Å². The SMILES string of the molecule is CCNC(=O)C(C)Oc1ccc(CCN)nc1. The fourth-order valence-electron chi connectivity index (χ4n) is 1.35. The Balaban J connectivity index is 2.53. The molecular weight excluding hydrogens is 218 g/mol. The predicted molar refractivity (Wildman–Crippen MR) is 65.8 cm³/mol. The molecule has 5 nitrogen and oxygen atoms in total.